The lowest BCUT2D eigenvalue weighted by Gasteiger charge is -2.26. The van der Waals surface area contributed by atoms with Crippen LogP contribution in [0, 0.1) is 5.41 Å². The van der Waals surface area contributed by atoms with Crippen LogP contribution in [0.1, 0.15) is 66.4 Å². The fraction of sp³-hybridized carbons (Fsp3) is 0.429. The molecule has 1 aliphatic heterocycles. The number of rotatable bonds is 10. The molecule has 1 unspecified atom stereocenters. The third-order valence-electron chi connectivity index (χ3n) is 6.89. The Bertz CT molecular complexity index is 1340. The van der Waals surface area contributed by atoms with E-state index in [1.54, 1.807) is 36.0 Å². The van der Waals surface area contributed by atoms with Gasteiger partial charge in [-0.15, -0.1) is 5.10 Å². The molecule has 1 atom stereocenters. The molecule has 0 bridgehead atoms. The highest BCUT2D eigenvalue weighted by Crippen LogP contribution is 2.47. The van der Waals surface area contributed by atoms with Gasteiger partial charge in [0.1, 0.15) is 6.23 Å². The summed E-state index contributed by atoms with van der Waals surface area (Å²) in [6.45, 7) is 0.777. The molecular weight excluding hydrogens is 504 g/mol. The molecule has 0 radical (unpaired) electrons. The maximum atomic E-state index is 13.1. The quantitative estimate of drug-likeness (QED) is 0.257. The van der Waals surface area contributed by atoms with E-state index in [9.17, 15) is 13.6 Å². The van der Waals surface area contributed by atoms with Crippen LogP contribution in [-0.2, 0) is 11.8 Å². The summed E-state index contributed by atoms with van der Waals surface area (Å²) in [5.41, 5.74) is 4.68. The van der Waals surface area contributed by atoms with E-state index in [0.717, 1.165) is 68.1 Å². The van der Waals surface area contributed by atoms with E-state index in [4.69, 9.17) is 10.1 Å². The van der Waals surface area contributed by atoms with Crippen molar-refractivity contribution in [2.45, 2.75) is 57.1 Å². The Morgan fingerprint density at radius 1 is 1.15 bits per heavy atom. The van der Waals surface area contributed by atoms with Crippen molar-refractivity contribution < 1.29 is 18.3 Å². The molecule has 206 valence electrons. The third-order valence-corrected chi connectivity index (χ3v) is 6.89. The molecule has 1 amide bonds. The van der Waals surface area contributed by atoms with E-state index in [1.807, 2.05) is 12.1 Å². The number of carbonyl (C=O) groups is 1. The van der Waals surface area contributed by atoms with Crippen molar-refractivity contribution in [1.82, 2.24) is 20.1 Å². The van der Waals surface area contributed by atoms with Crippen LogP contribution < -0.4 is 16.0 Å². The van der Waals surface area contributed by atoms with E-state index in [-0.39, 0.29) is 11.8 Å². The lowest BCUT2D eigenvalue weighted by Crippen LogP contribution is -2.34. The fourth-order valence-corrected chi connectivity index (χ4v) is 4.71. The topological polar surface area (TPSA) is 117 Å². The second kappa shape index (κ2) is 11.1. The van der Waals surface area contributed by atoms with Crippen LogP contribution in [-0.4, -0.2) is 52.2 Å². The molecule has 2 heterocycles. The smallest absolute Gasteiger partial charge is 0.262 e. The van der Waals surface area contributed by atoms with E-state index in [0.29, 0.717) is 23.3 Å². The molecule has 1 saturated heterocycles. The van der Waals surface area contributed by atoms with E-state index >= 15 is 0 Å². The van der Waals surface area contributed by atoms with E-state index in [2.05, 4.69) is 26.0 Å². The Hall–Kier alpha value is -3.86. The summed E-state index contributed by atoms with van der Waals surface area (Å²) >= 11 is 0. The molecule has 1 saturated carbocycles. The highest BCUT2D eigenvalue weighted by atomic mass is 19.3. The predicted molar refractivity (Wildman–Crippen MR) is 146 cm³/mol. The summed E-state index contributed by atoms with van der Waals surface area (Å²) in [5.74, 6) is -2.18. The molecule has 2 fully saturated rings. The first-order chi connectivity index (χ1) is 18.7. The third kappa shape index (κ3) is 6.42. The zero-order valence-electron chi connectivity index (χ0n) is 22.1. The van der Waals surface area contributed by atoms with Gasteiger partial charge >= 0.3 is 0 Å². The number of anilines is 3. The average molecular weight is 538 g/mol. The first-order valence-electron chi connectivity index (χ1n) is 13.2. The van der Waals surface area contributed by atoms with Gasteiger partial charge in [-0.1, -0.05) is 12.1 Å². The highest BCUT2D eigenvalue weighted by Gasteiger charge is 2.31. The molecule has 0 spiro atoms. The summed E-state index contributed by atoms with van der Waals surface area (Å²) in [7, 11) is 1.79. The number of benzene rings is 2. The number of amides is 1. The van der Waals surface area contributed by atoms with Gasteiger partial charge in [-0.25, -0.2) is 13.5 Å². The maximum absolute atomic E-state index is 13.1. The average Bonchev–Trinajstić information content (AvgIpc) is 3.70. The van der Waals surface area contributed by atoms with Crippen molar-refractivity contribution in [3.8, 4) is 11.4 Å². The first kappa shape index (κ1) is 26.7. The van der Waals surface area contributed by atoms with Gasteiger partial charge in [0, 0.05) is 54.9 Å². The fourth-order valence-electron chi connectivity index (χ4n) is 4.71. The molecule has 11 heteroatoms. The summed E-state index contributed by atoms with van der Waals surface area (Å²) in [5, 5.41) is 21.8. The number of nitrogens with one attached hydrogen (secondary N) is 4. The predicted octanol–water partition coefficient (Wildman–Crippen LogP) is 5.42. The van der Waals surface area contributed by atoms with Gasteiger partial charge in [-0.2, -0.15) is 4.98 Å². The molecule has 1 aliphatic carbocycles. The Labute approximate surface area is 225 Å². The largest absolute Gasteiger partial charge is 0.360 e. The van der Waals surface area contributed by atoms with Crippen molar-refractivity contribution in [3.05, 3.63) is 53.1 Å². The lowest BCUT2D eigenvalue weighted by molar-refractivity contribution is 0.0221. The number of aryl methyl sites for hydroxylation is 1. The Morgan fingerprint density at radius 3 is 2.54 bits per heavy atom. The number of hydrogen-bond donors (Lipinski definition) is 4. The molecule has 39 heavy (non-hydrogen) atoms. The van der Waals surface area contributed by atoms with Gasteiger partial charge in [0.15, 0.2) is 5.82 Å². The molecule has 4 N–H and O–H groups in total. The number of halogens is 2. The summed E-state index contributed by atoms with van der Waals surface area (Å²) in [4.78, 5) is 16.8. The standard InChI is InChI=1S/C28H33F2N7O2/c1-28(29,30)16-32-26(38)19-10-8-18(9-11-19)25-35-27(37(2)36-25)34-22-13-12-21(33-23-5-3-4-14-39-23)20(15-31)24(22)17-6-7-17/h8-13,15,17,23,31,33H,3-7,14,16H2,1-2H3,(H,32,38)(H,34,35,36). The van der Waals surface area contributed by atoms with Crippen molar-refractivity contribution in [3.63, 3.8) is 0 Å². The highest BCUT2D eigenvalue weighted by molar-refractivity contribution is 5.94. The molecule has 2 aromatic carbocycles. The van der Waals surface area contributed by atoms with Crippen LogP contribution in [0.4, 0.5) is 26.1 Å². The van der Waals surface area contributed by atoms with Gasteiger partial charge < -0.3 is 26.1 Å². The zero-order valence-corrected chi connectivity index (χ0v) is 22.1. The van der Waals surface area contributed by atoms with Gasteiger partial charge in [-0.05, 0) is 67.9 Å². The second-order valence-corrected chi connectivity index (χ2v) is 10.2. The molecule has 1 aromatic heterocycles. The first-order valence-corrected chi connectivity index (χ1v) is 13.2. The Kier molecular flexibility index (Phi) is 7.60. The Balaban J connectivity index is 1.34. The van der Waals surface area contributed by atoms with Crippen molar-refractivity contribution >= 4 is 29.4 Å². The monoisotopic (exact) mass is 537 g/mol. The summed E-state index contributed by atoms with van der Waals surface area (Å²) < 4.78 is 33.6. The number of hydrogen-bond acceptors (Lipinski definition) is 7. The molecule has 9 nitrogen and oxygen atoms in total. The van der Waals surface area contributed by atoms with Crippen molar-refractivity contribution in [2.75, 3.05) is 23.8 Å². The zero-order chi connectivity index (χ0) is 27.6. The van der Waals surface area contributed by atoms with Crippen molar-refractivity contribution in [1.29, 1.82) is 5.41 Å². The number of alkyl halides is 2. The van der Waals surface area contributed by atoms with Gasteiger partial charge in [0.2, 0.25) is 5.95 Å². The van der Waals surface area contributed by atoms with Crippen LogP contribution in [0.2, 0.25) is 0 Å². The van der Waals surface area contributed by atoms with Crippen LogP contribution in [0.25, 0.3) is 11.4 Å². The molecule has 5 rings (SSSR count). The number of aromatic nitrogens is 3. The number of nitrogens with zero attached hydrogens (tertiary/aromatic N) is 3. The van der Waals surface area contributed by atoms with Gasteiger partial charge in [0.05, 0.1) is 6.54 Å². The Morgan fingerprint density at radius 2 is 1.90 bits per heavy atom. The molecule has 3 aromatic rings. The number of ether oxygens (including phenoxy) is 1. The van der Waals surface area contributed by atoms with Gasteiger partial charge in [0.25, 0.3) is 11.8 Å². The SMILES string of the molecule is Cn1nc(-c2ccc(C(=O)NCC(C)(F)F)cc2)nc1Nc1ccc(NC2CCCCO2)c(C=N)c1C1CC1. The number of carbonyl (C=O) groups excluding carboxylic acids is 1. The summed E-state index contributed by atoms with van der Waals surface area (Å²) in [6, 6.07) is 10.5. The van der Waals surface area contributed by atoms with E-state index in [1.165, 1.54) is 6.21 Å². The van der Waals surface area contributed by atoms with Crippen LogP contribution >= 0.6 is 0 Å². The minimum atomic E-state index is -2.98. The summed E-state index contributed by atoms with van der Waals surface area (Å²) in [6.07, 6.45) is 6.64. The molecular formula is C28H33F2N7O2. The van der Waals surface area contributed by atoms with Crippen LogP contribution in [0.5, 0.6) is 0 Å². The normalized spacial score (nSPS) is 17.5. The lowest BCUT2D eigenvalue weighted by atomic mass is 9.99. The van der Waals surface area contributed by atoms with Crippen LogP contribution in [0.3, 0.4) is 0 Å². The second-order valence-electron chi connectivity index (χ2n) is 10.2. The molecule has 2 aliphatic rings. The minimum absolute atomic E-state index is 0.0466. The van der Waals surface area contributed by atoms with Crippen LogP contribution in [0.15, 0.2) is 36.4 Å². The van der Waals surface area contributed by atoms with E-state index < -0.39 is 18.4 Å². The van der Waals surface area contributed by atoms with Crippen molar-refractivity contribution in [2.24, 2.45) is 7.05 Å². The van der Waals surface area contributed by atoms with Gasteiger partial charge in [-0.3, -0.25) is 4.79 Å². The maximum Gasteiger partial charge on any atom is 0.262 e. The minimum Gasteiger partial charge on any atom is -0.360 e.